The predicted octanol–water partition coefficient (Wildman–Crippen LogP) is -0.216. The topological polar surface area (TPSA) is 130 Å². The highest BCUT2D eigenvalue weighted by molar-refractivity contribution is 7.89. The third-order valence-electron chi connectivity index (χ3n) is 1.68. The fourth-order valence-electron chi connectivity index (χ4n) is 0.782. The molecule has 0 unspecified atom stereocenters. The number of aromatic amines is 1. The molecular formula is C10H23N5O3S. The molecule has 0 aromatic carbocycles. The summed E-state index contributed by atoms with van der Waals surface area (Å²) in [4.78, 5) is 10.0. The molecule has 0 bridgehead atoms. The van der Waals surface area contributed by atoms with Gasteiger partial charge in [-0.25, -0.2) is 13.1 Å². The fraction of sp³-hybridized carbons (Fsp3) is 0.600. The molecule has 0 fully saturated rings. The molecule has 0 aliphatic rings. The lowest BCUT2D eigenvalue weighted by Gasteiger charge is -1.95. The van der Waals surface area contributed by atoms with Gasteiger partial charge in [-0.3, -0.25) is 9.89 Å². The standard InChI is InChI=1S/C5H7N3O.C3H10N2O2S.C2H6/c1-6-5-2-4(3-9)7-8-5;1-5-8(6,7)3-2-4;1-2/h2-3H,1H3,(H2,6,7,8);5H,2-4H2,1H3;1-2H3. The largest absolute Gasteiger partial charge is 0.372 e. The van der Waals surface area contributed by atoms with E-state index in [9.17, 15) is 13.2 Å². The number of anilines is 1. The maximum atomic E-state index is 10.4. The summed E-state index contributed by atoms with van der Waals surface area (Å²) in [6.07, 6.45) is 0.716. The molecule has 0 aliphatic heterocycles. The van der Waals surface area contributed by atoms with Gasteiger partial charge in [0.25, 0.3) is 0 Å². The number of hydrogen-bond donors (Lipinski definition) is 4. The molecule has 0 radical (unpaired) electrons. The van der Waals surface area contributed by atoms with Crippen LogP contribution >= 0.6 is 0 Å². The van der Waals surface area contributed by atoms with Crippen LogP contribution in [0.25, 0.3) is 0 Å². The number of sulfonamides is 1. The second-order valence-electron chi connectivity index (χ2n) is 2.89. The second-order valence-corrected chi connectivity index (χ2v) is 4.93. The second kappa shape index (κ2) is 11.6. The van der Waals surface area contributed by atoms with Crippen LogP contribution in [0.4, 0.5) is 5.82 Å². The lowest BCUT2D eigenvalue weighted by atomic mass is 10.5. The molecule has 112 valence electrons. The first-order valence-corrected chi connectivity index (χ1v) is 7.44. The van der Waals surface area contributed by atoms with Crippen LogP contribution in [-0.4, -0.2) is 51.3 Å². The Bertz CT molecular complexity index is 430. The maximum Gasteiger partial charge on any atom is 0.212 e. The highest BCUT2D eigenvalue weighted by Crippen LogP contribution is 1.99. The molecule has 9 heteroatoms. The molecule has 0 saturated carbocycles. The molecule has 0 spiro atoms. The molecule has 8 nitrogen and oxygen atoms in total. The number of nitrogens with one attached hydrogen (secondary N) is 3. The zero-order chi connectivity index (χ0) is 15.3. The van der Waals surface area contributed by atoms with Crippen molar-refractivity contribution in [2.24, 2.45) is 5.73 Å². The molecule has 1 heterocycles. The Balaban J connectivity index is 0. The van der Waals surface area contributed by atoms with Gasteiger partial charge in [0.05, 0.1) is 11.4 Å². The maximum absolute atomic E-state index is 10.4. The molecule has 1 aromatic rings. The highest BCUT2D eigenvalue weighted by Gasteiger charge is 2.01. The first-order chi connectivity index (χ1) is 8.99. The fourth-order valence-corrected chi connectivity index (χ4v) is 1.30. The molecule has 0 saturated heterocycles. The number of aldehydes is 1. The number of hydrogen-bond acceptors (Lipinski definition) is 6. The average Bonchev–Trinajstić information content (AvgIpc) is 2.90. The molecule has 19 heavy (non-hydrogen) atoms. The number of rotatable bonds is 5. The number of H-pyrrole nitrogens is 1. The third-order valence-corrected chi connectivity index (χ3v) is 3.07. The Kier molecular flexibility index (Phi) is 12.2. The third kappa shape index (κ3) is 10.2. The number of nitrogens with two attached hydrogens (primary N) is 1. The summed E-state index contributed by atoms with van der Waals surface area (Å²) in [5.74, 6) is 0.681. The van der Waals surface area contributed by atoms with Crippen LogP contribution < -0.4 is 15.8 Å². The van der Waals surface area contributed by atoms with Crippen LogP contribution in [0.5, 0.6) is 0 Å². The molecule has 0 amide bonds. The minimum atomic E-state index is -3.04. The minimum absolute atomic E-state index is 0.00347. The zero-order valence-electron chi connectivity index (χ0n) is 11.7. The van der Waals surface area contributed by atoms with Gasteiger partial charge in [-0.05, 0) is 7.05 Å². The number of nitrogens with zero attached hydrogens (tertiary/aromatic N) is 1. The van der Waals surface area contributed by atoms with Crippen molar-refractivity contribution in [2.75, 3.05) is 31.7 Å². The van der Waals surface area contributed by atoms with E-state index in [4.69, 9.17) is 5.73 Å². The SMILES string of the molecule is CC.CNS(=O)(=O)CCN.CNc1cc(C=O)[nH]n1. The van der Waals surface area contributed by atoms with Gasteiger partial charge in [-0.2, -0.15) is 5.10 Å². The Morgan fingerprint density at radius 1 is 1.42 bits per heavy atom. The Morgan fingerprint density at radius 3 is 2.21 bits per heavy atom. The van der Waals surface area contributed by atoms with E-state index < -0.39 is 10.0 Å². The summed E-state index contributed by atoms with van der Waals surface area (Å²) >= 11 is 0. The first-order valence-electron chi connectivity index (χ1n) is 5.78. The Hall–Kier alpha value is -1.45. The van der Waals surface area contributed by atoms with Crippen molar-refractivity contribution >= 4 is 22.1 Å². The van der Waals surface area contributed by atoms with E-state index in [0.29, 0.717) is 17.8 Å². The Morgan fingerprint density at radius 2 is 2.00 bits per heavy atom. The smallest absolute Gasteiger partial charge is 0.212 e. The van der Waals surface area contributed by atoms with E-state index in [-0.39, 0.29) is 12.3 Å². The highest BCUT2D eigenvalue weighted by atomic mass is 32.2. The minimum Gasteiger partial charge on any atom is -0.372 e. The lowest BCUT2D eigenvalue weighted by Crippen LogP contribution is -2.26. The van der Waals surface area contributed by atoms with Crippen molar-refractivity contribution in [3.63, 3.8) is 0 Å². The molecule has 1 aromatic heterocycles. The predicted molar refractivity (Wildman–Crippen MR) is 76.8 cm³/mol. The van der Waals surface area contributed by atoms with Crippen molar-refractivity contribution in [1.29, 1.82) is 0 Å². The van der Waals surface area contributed by atoms with Crippen LogP contribution in [0.2, 0.25) is 0 Å². The van der Waals surface area contributed by atoms with E-state index >= 15 is 0 Å². The van der Waals surface area contributed by atoms with Gasteiger partial charge in [0, 0.05) is 19.7 Å². The zero-order valence-corrected chi connectivity index (χ0v) is 12.5. The molecule has 0 atom stereocenters. The molecule has 1 rings (SSSR count). The van der Waals surface area contributed by atoms with Crippen molar-refractivity contribution in [3.8, 4) is 0 Å². The summed E-state index contributed by atoms with van der Waals surface area (Å²) in [6, 6.07) is 1.63. The summed E-state index contributed by atoms with van der Waals surface area (Å²) in [6.45, 7) is 4.17. The van der Waals surface area contributed by atoms with Crippen LogP contribution in [0.3, 0.4) is 0 Å². The van der Waals surface area contributed by atoms with Crippen molar-refractivity contribution in [3.05, 3.63) is 11.8 Å². The van der Waals surface area contributed by atoms with Gasteiger partial charge in [0.2, 0.25) is 10.0 Å². The van der Waals surface area contributed by atoms with E-state index in [1.54, 1.807) is 13.1 Å². The lowest BCUT2D eigenvalue weighted by molar-refractivity contribution is 0.111. The van der Waals surface area contributed by atoms with E-state index in [1.807, 2.05) is 13.8 Å². The van der Waals surface area contributed by atoms with Gasteiger partial charge in [0.15, 0.2) is 6.29 Å². The summed E-state index contributed by atoms with van der Waals surface area (Å²) in [5.41, 5.74) is 5.46. The number of carbonyl (C=O) groups excluding carboxylic acids is 1. The van der Waals surface area contributed by atoms with Crippen molar-refractivity contribution in [2.45, 2.75) is 13.8 Å². The van der Waals surface area contributed by atoms with E-state index in [1.165, 1.54) is 7.05 Å². The van der Waals surface area contributed by atoms with Gasteiger partial charge in [-0.15, -0.1) is 0 Å². The first kappa shape index (κ1) is 19.9. The average molecular weight is 293 g/mol. The van der Waals surface area contributed by atoms with E-state index in [2.05, 4.69) is 20.2 Å². The van der Waals surface area contributed by atoms with Gasteiger partial charge >= 0.3 is 0 Å². The summed E-state index contributed by atoms with van der Waals surface area (Å²) in [5, 5.41) is 9.04. The van der Waals surface area contributed by atoms with Crippen molar-refractivity contribution in [1.82, 2.24) is 14.9 Å². The summed E-state index contributed by atoms with van der Waals surface area (Å²) in [7, 11) is 0.0623. The number of carbonyl (C=O) groups is 1. The summed E-state index contributed by atoms with van der Waals surface area (Å²) < 4.78 is 23.0. The van der Waals surface area contributed by atoms with Gasteiger partial charge in [0.1, 0.15) is 5.82 Å². The van der Waals surface area contributed by atoms with Crippen LogP contribution in [0.1, 0.15) is 24.3 Å². The monoisotopic (exact) mass is 293 g/mol. The van der Waals surface area contributed by atoms with Gasteiger partial charge in [-0.1, -0.05) is 13.8 Å². The van der Waals surface area contributed by atoms with E-state index in [0.717, 1.165) is 0 Å². The van der Waals surface area contributed by atoms with Gasteiger partial charge < -0.3 is 11.1 Å². The molecule has 0 aliphatic carbocycles. The van der Waals surface area contributed by atoms with Crippen LogP contribution in [-0.2, 0) is 10.0 Å². The molecular weight excluding hydrogens is 270 g/mol. The molecule has 5 N–H and O–H groups in total. The number of aromatic nitrogens is 2. The van der Waals surface area contributed by atoms with Crippen LogP contribution in [0, 0.1) is 0 Å². The Labute approximate surface area is 114 Å². The quantitative estimate of drug-likeness (QED) is 0.555. The van der Waals surface area contributed by atoms with Crippen LogP contribution in [0.15, 0.2) is 6.07 Å². The van der Waals surface area contributed by atoms with Crippen molar-refractivity contribution < 1.29 is 13.2 Å². The normalized spacial score (nSPS) is 9.53.